The number of amides is 1. The van der Waals surface area contributed by atoms with Crippen molar-refractivity contribution >= 4 is 5.91 Å². The van der Waals surface area contributed by atoms with Crippen molar-refractivity contribution in [1.29, 1.82) is 0 Å². The lowest BCUT2D eigenvalue weighted by atomic mass is 10.4. The van der Waals surface area contributed by atoms with E-state index in [9.17, 15) is 4.79 Å². The molecule has 102 valence electrons. The summed E-state index contributed by atoms with van der Waals surface area (Å²) in [5.74, 6) is 0.333. The molecule has 0 radical (unpaired) electrons. The molecule has 1 aromatic rings. The lowest BCUT2D eigenvalue weighted by molar-refractivity contribution is 0.0944. The largest absolute Gasteiger partial charge is 0.447 e. The summed E-state index contributed by atoms with van der Waals surface area (Å²) in [6.07, 6.45) is 1.39. The molecule has 1 amide bonds. The Hall–Kier alpha value is -1.40. The van der Waals surface area contributed by atoms with E-state index in [0.717, 1.165) is 19.6 Å². The SMILES string of the molecule is CCN(CC)CCNC(=O)c1coc(CNC)n1. The number of aromatic nitrogens is 1. The summed E-state index contributed by atoms with van der Waals surface area (Å²) in [5, 5.41) is 5.74. The maximum atomic E-state index is 11.7. The van der Waals surface area contributed by atoms with Crippen molar-refractivity contribution in [3.05, 3.63) is 17.8 Å². The second kappa shape index (κ2) is 7.84. The average Bonchev–Trinajstić information content (AvgIpc) is 2.83. The van der Waals surface area contributed by atoms with Gasteiger partial charge in [-0.2, -0.15) is 0 Å². The monoisotopic (exact) mass is 254 g/mol. The number of carbonyl (C=O) groups is 1. The predicted molar refractivity (Wildman–Crippen MR) is 69.4 cm³/mol. The second-order valence-electron chi connectivity index (χ2n) is 3.94. The van der Waals surface area contributed by atoms with Crippen molar-refractivity contribution in [2.75, 3.05) is 33.2 Å². The van der Waals surface area contributed by atoms with Crippen molar-refractivity contribution in [3.8, 4) is 0 Å². The molecule has 0 spiro atoms. The molecule has 1 rings (SSSR count). The Morgan fingerprint density at radius 2 is 2.17 bits per heavy atom. The number of carbonyl (C=O) groups excluding carboxylic acids is 1. The zero-order valence-corrected chi connectivity index (χ0v) is 11.3. The summed E-state index contributed by atoms with van der Waals surface area (Å²) in [7, 11) is 1.80. The van der Waals surface area contributed by atoms with Crippen molar-refractivity contribution in [2.24, 2.45) is 0 Å². The number of hydrogen-bond donors (Lipinski definition) is 2. The van der Waals surface area contributed by atoms with Crippen LogP contribution in [-0.4, -0.2) is 49.0 Å². The van der Waals surface area contributed by atoms with E-state index in [0.29, 0.717) is 24.7 Å². The van der Waals surface area contributed by atoms with E-state index in [1.165, 1.54) is 6.26 Å². The summed E-state index contributed by atoms with van der Waals surface area (Å²) >= 11 is 0. The van der Waals surface area contributed by atoms with Gasteiger partial charge in [0, 0.05) is 13.1 Å². The van der Waals surface area contributed by atoms with Gasteiger partial charge in [0.05, 0.1) is 6.54 Å². The van der Waals surface area contributed by atoms with E-state index in [1.54, 1.807) is 7.05 Å². The first-order valence-corrected chi connectivity index (χ1v) is 6.30. The van der Waals surface area contributed by atoms with Crippen LogP contribution in [0.15, 0.2) is 10.7 Å². The zero-order valence-electron chi connectivity index (χ0n) is 11.3. The highest BCUT2D eigenvalue weighted by atomic mass is 16.3. The first-order chi connectivity index (χ1) is 8.71. The van der Waals surface area contributed by atoms with Crippen LogP contribution in [0.2, 0.25) is 0 Å². The fourth-order valence-electron chi connectivity index (χ4n) is 1.61. The fraction of sp³-hybridized carbons (Fsp3) is 0.667. The number of likely N-dealkylation sites (N-methyl/N-ethyl adjacent to an activating group) is 1. The minimum atomic E-state index is -0.187. The van der Waals surface area contributed by atoms with E-state index in [2.05, 4.69) is 34.4 Å². The molecule has 1 heterocycles. The Balaban J connectivity index is 2.35. The number of oxazole rings is 1. The van der Waals surface area contributed by atoms with Gasteiger partial charge in [-0.15, -0.1) is 0 Å². The molecule has 18 heavy (non-hydrogen) atoms. The predicted octanol–water partition coefficient (Wildman–Crippen LogP) is 0.466. The third-order valence-corrected chi connectivity index (χ3v) is 2.72. The van der Waals surface area contributed by atoms with Gasteiger partial charge in [0.2, 0.25) is 5.89 Å². The highest BCUT2D eigenvalue weighted by Gasteiger charge is 2.11. The van der Waals surface area contributed by atoms with E-state index in [-0.39, 0.29) is 5.91 Å². The van der Waals surface area contributed by atoms with E-state index < -0.39 is 0 Å². The molecule has 0 aliphatic rings. The van der Waals surface area contributed by atoms with Crippen molar-refractivity contribution in [2.45, 2.75) is 20.4 Å². The van der Waals surface area contributed by atoms with Gasteiger partial charge in [0.25, 0.3) is 5.91 Å². The maximum Gasteiger partial charge on any atom is 0.273 e. The van der Waals surface area contributed by atoms with Gasteiger partial charge in [-0.1, -0.05) is 13.8 Å². The number of hydrogen-bond acceptors (Lipinski definition) is 5. The van der Waals surface area contributed by atoms with Gasteiger partial charge in [-0.05, 0) is 20.1 Å². The van der Waals surface area contributed by atoms with Crippen LogP contribution in [0.5, 0.6) is 0 Å². The zero-order chi connectivity index (χ0) is 13.4. The van der Waals surface area contributed by atoms with Gasteiger partial charge >= 0.3 is 0 Å². The molecular weight excluding hydrogens is 232 g/mol. The Labute approximate surface area is 108 Å². The summed E-state index contributed by atoms with van der Waals surface area (Å²) < 4.78 is 5.15. The second-order valence-corrected chi connectivity index (χ2v) is 3.94. The molecule has 6 heteroatoms. The molecule has 0 aliphatic carbocycles. The Morgan fingerprint density at radius 3 is 2.78 bits per heavy atom. The normalized spacial score (nSPS) is 10.9. The molecule has 0 unspecified atom stereocenters. The minimum absolute atomic E-state index is 0.187. The molecule has 6 nitrogen and oxygen atoms in total. The first kappa shape index (κ1) is 14.7. The molecule has 1 aromatic heterocycles. The van der Waals surface area contributed by atoms with E-state index in [1.807, 2.05) is 0 Å². The first-order valence-electron chi connectivity index (χ1n) is 6.30. The Bertz CT molecular complexity index is 361. The van der Waals surface area contributed by atoms with Crippen molar-refractivity contribution < 1.29 is 9.21 Å². The quantitative estimate of drug-likeness (QED) is 0.705. The summed E-state index contributed by atoms with van der Waals surface area (Å²) in [6.45, 7) is 8.17. The molecular formula is C12H22N4O2. The van der Waals surface area contributed by atoms with Crippen molar-refractivity contribution in [1.82, 2.24) is 20.5 Å². The maximum absolute atomic E-state index is 11.7. The third kappa shape index (κ3) is 4.46. The number of nitrogens with one attached hydrogen (secondary N) is 2. The Kier molecular flexibility index (Phi) is 6.38. The van der Waals surface area contributed by atoms with Crippen LogP contribution in [0.25, 0.3) is 0 Å². The van der Waals surface area contributed by atoms with E-state index in [4.69, 9.17) is 4.42 Å². The van der Waals surface area contributed by atoms with Crippen LogP contribution in [0.1, 0.15) is 30.2 Å². The van der Waals surface area contributed by atoms with E-state index >= 15 is 0 Å². The van der Waals surface area contributed by atoms with Crippen LogP contribution < -0.4 is 10.6 Å². The van der Waals surface area contributed by atoms with Gasteiger partial charge in [0.15, 0.2) is 5.69 Å². The number of rotatable bonds is 8. The number of nitrogens with zero attached hydrogens (tertiary/aromatic N) is 2. The summed E-state index contributed by atoms with van der Waals surface area (Å²) in [4.78, 5) is 18.1. The topological polar surface area (TPSA) is 70.4 Å². The van der Waals surface area contributed by atoms with Crippen LogP contribution in [0, 0.1) is 0 Å². The molecule has 0 saturated carbocycles. The molecule has 0 atom stereocenters. The molecule has 0 aliphatic heterocycles. The average molecular weight is 254 g/mol. The van der Waals surface area contributed by atoms with Gasteiger partial charge in [0.1, 0.15) is 6.26 Å². The highest BCUT2D eigenvalue weighted by molar-refractivity contribution is 5.91. The highest BCUT2D eigenvalue weighted by Crippen LogP contribution is 2.01. The van der Waals surface area contributed by atoms with Crippen LogP contribution in [0.4, 0.5) is 0 Å². The Morgan fingerprint density at radius 1 is 1.44 bits per heavy atom. The molecule has 0 aromatic carbocycles. The summed E-state index contributed by atoms with van der Waals surface area (Å²) in [5.41, 5.74) is 0.333. The molecule has 0 bridgehead atoms. The molecule has 0 fully saturated rings. The summed E-state index contributed by atoms with van der Waals surface area (Å²) in [6, 6.07) is 0. The van der Waals surface area contributed by atoms with Crippen LogP contribution in [-0.2, 0) is 6.54 Å². The van der Waals surface area contributed by atoms with Gasteiger partial charge in [-0.3, -0.25) is 4.79 Å². The van der Waals surface area contributed by atoms with Crippen LogP contribution >= 0.6 is 0 Å². The standard InChI is InChI=1S/C12H22N4O2/c1-4-16(5-2)7-6-14-12(17)10-9-18-11(15-10)8-13-3/h9,13H,4-8H2,1-3H3,(H,14,17). The van der Waals surface area contributed by atoms with Crippen LogP contribution in [0.3, 0.4) is 0 Å². The lowest BCUT2D eigenvalue weighted by Gasteiger charge is -2.17. The van der Waals surface area contributed by atoms with Crippen molar-refractivity contribution in [3.63, 3.8) is 0 Å². The van der Waals surface area contributed by atoms with Gasteiger partial charge in [-0.25, -0.2) is 4.98 Å². The van der Waals surface area contributed by atoms with Gasteiger partial charge < -0.3 is 20.0 Å². The smallest absolute Gasteiger partial charge is 0.273 e. The molecule has 0 saturated heterocycles. The molecule has 2 N–H and O–H groups in total. The lowest BCUT2D eigenvalue weighted by Crippen LogP contribution is -2.34. The third-order valence-electron chi connectivity index (χ3n) is 2.72. The minimum Gasteiger partial charge on any atom is -0.447 e. The fourth-order valence-corrected chi connectivity index (χ4v) is 1.61.